The Bertz CT molecular complexity index is 1460. The topological polar surface area (TPSA) is 156 Å². The minimum Gasteiger partial charge on any atom is -0.389 e. The molecule has 2 fully saturated rings. The van der Waals surface area contributed by atoms with E-state index in [0.717, 1.165) is 11.1 Å². The van der Waals surface area contributed by atoms with Gasteiger partial charge >= 0.3 is 0 Å². The summed E-state index contributed by atoms with van der Waals surface area (Å²) in [7, 11) is 3.27. The Morgan fingerprint density at radius 2 is 2.00 bits per heavy atom. The van der Waals surface area contributed by atoms with Crippen LogP contribution in [0.2, 0.25) is 0 Å². The van der Waals surface area contributed by atoms with E-state index >= 15 is 0 Å². The molecule has 0 aliphatic heterocycles. The number of amides is 1. The van der Waals surface area contributed by atoms with E-state index in [2.05, 4.69) is 30.9 Å². The maximum Gasteiger partial charge on any atom is 0.256 e. The number of aliphatic hydroxyl groups is 2. The highest BCUT2D eigenvalue weighted by atomic mass is 16.3. The van der Waals surface area contributed by atoms with E-state index in [0.29, 0.717) is 29.1 Å². The third-order valence-electron chi connectivity index (χ3n) is 7.41. The molecule has 1 amide bonds. The van der Waals surface area contributed by atoms with Crippen LogP contribution in [0.1, 0.15) is 18.0 Å². The van der Waals surface area contributed by atoms with Crippen molar-refractivity contribution >= 4 is 22.9 Å². The summed E-state index contributed by atoms with van der Waals surface area (Å²) < 4.78 is 3.22. The van der Waals surface area contributed by atoms with Gasteiger partial charge < -0.3 is 25.4 Å². The quantitative estimate of drug-likeness (QED) is 0.322. The molecule has 2 saturated carbocycles. The maximum atomic E-state index is 12.5. The minimum atomic E-state index is -1.17. The molecule has 0 spiro atoms. The molecule has 0 saturated heterocycles. The SMILES string of the molecule is CNC(=O)C12CC1[C@@H](n1cnc3c(NC)nc(-n4cc(-c5ccccc5C)nn4)nc31)[C@H](O)[C@@H]2O. The smallest absolute Gasteiger partial charge is 0.256 e. The molecule has 6 rings (SSSR count). The second kappa shape index (κ2) is 7.55. The molecule has 180 valence electrons. The van der Waals surface area contributed by atoms with Crippen LogP contribution in [0.3, 0.4) is 0 Å². The lowest BCUT2D eigenvalue weighted by molar-refractivity contribution is -0.132. The third-order valence-corrected chi connectivity index (χ3v) is 7.41. The number of benzene rings is 1. The fourth-order valence-electron chi connectivity index (χ4n) is 5.53. The molecular formula is C23H25N9O3. The first kappa shape index (κ1) is 21.6. The van der Waals surface area contributed by atoms with Crippen LogP contribution in [0, 0.1) is 18.3 Å². The largest absolute Gasteiger partial charge is 0.389 e. The molecule has 3 heterocycles. The first-order valence-corrected chi connectivity index (χ1v) is 11.4. The van der Waals surface area contributed by atoms with Crippen LogP contribution in [0.25, 0.3) is 28.4 Å². The van der Waals surface area contributed by atoms with Gasteiger partial charge in [-0.05, 0) is 18.9 Å². The molecular weight excluding hydrogens is 450 g/mol. The second-order valence-corrected chi connectivity index (χ2v) is 9.17. The lowest BCUT2D eigenvalue weighted by Crippen LogP contribution is -2.41. The summed E-state index contributed by atoms with van der Waals surface area (Å²) in [6, 6.07) is 7.33. The van der Waals surface area contributed by atoms with Gasteiger partial charge in [-0.3, -0.25) is 4.79 Å². The number of nitrogens with zero attached hydrogens (tertiary/aromatic N) is 7. The van der Waals surface area contributed by atoms with Crippen molar-refractivity contribution in [2.24, 2.45) is 11.3 Å². The number of anilines is 1. The Morgan fingerprint density at radius 3 is 2.74 bits per heavy atom. The molecule has 0 radical (unpaired) electrons. The molecule has 4 N–H and O–H groups in total. The van der Waals surface area contributed by atoms with Gasteiger partial charge in [-0.2, -0.15) is 14.6 Å². The molecule has 3 aromatic heterocycles. The molecule has 2 aliphatic carbocycles. The number of aliphatic hydroxyl groups excluding tert-OH is 2. The van der Waals surface area contributed by atoms with Crippen molar-refractivity contribution in [3.63, 3.8) is 0 Å². The van der Waals surface area contributed by atoms with Crippen molar-refractivity contribution in [2.75, 3.05) is 19.4 Å². The van der Waals surface area contributed by atoms with Gasteiger partial charge in [0.25, 0.3) is 5.95 Å². The van der Waals surface area contributed by atoms with Gasteiger partial charge in [0.1, 0.15) is 11.8 Å². The van der Waals surface area contributed by atoms with Crippen molar-refractivity contribution in [2.45, 2.75) is 31.6 Å². The molecule has 4 aromatic rings. The molecule has 12 heteroatoms. The summed E-state index contributed by atoms with van der Waals surface area (Å²) in [6.45, 7) is 2.01. The monoisotopic (exact) mass is 475 g/mol. The molecule has 5 atom stereocenters. The normalized spacial score (nSPS) is 27.1. The summed E-state index contributed by atoms with van der Waals surface area (Å²) in [5.41, 5.74) is 2.70. The van der Waals surface area contributed by atoms with Crippen LogP contribution in [-0.2, 0) is 4.79 Å². The van der Waals surface area contributed by atoms with Crippen LogP contribution >= 0.6 is 0 Å². The zero-order valence-electron chi connectivity index (χ0n) is 19.4. The van der Waals surface area contributed by atoms with E-state index in [1.165, 1.54) is 11.7 Å². The standard InChI is InChI=1S/C23H25N9O3/c1-11-6-4-5-7-12(11)14-9-32(30-29-14)22-27-19(24-2)15-20(28-22)31(10-26-15)16-13-8-23(13,21(35)25-3)18(34)17(16)33/h4-7,9-10,13,16-18,33-34H,8H2,1-3H3,(H,25,35)(H,24,27,28)/t13?,16-,17+,18+,23?/m1/s1. The molecule has 2 unspecified atom stereocenters. The zero-order chi connectivity index (χ0) is 24.5. The first-order chi connectivity index (χ1) is 16.9. The first-order valence-electron chi connectivity index (χ1n) is 11.4. The average Bonchev–Trinajstić information content (AvgIpc) is 3.14. The Hall–Kier alpha value is -3.90. The zero-order valence-corrected chi connectivity index (χ0v) is 19.4. The highest BCUT2D eigenvalue weighted by Gasteiger charge is 2.75. The van der Waals surface area contributed by atoms with Crippen molar-refractivity contribution in [1.29, 1.82) is 0 Å². The predicted molar refractivity (Wildman–Crippen MR) is 126 cm³/mol. The summed E-state index contributed by atoms with van der Waals surface area (Å²) in [4.78, 5) is 26.3. The van der Waals surface area contributed by atoms with Crippen molar-refractivity contribution in [3.05, 3.63) is 42.4 Å². The molecule has 12 nitrogen and oxygen atoms in total. The van der Waals surface area contributed by atoms with Crippen molar-refractivity contribution < 1.29 is 15.0 Å². The van der Waals surface area contributed by atoms with Crippen LogP contribution in [-0.4, -0.2) is 76.9 Å². The summed E-state index contributed by atoms with van der Waals surface area (Å²) in [5, 5.41) is 35.9. The van der Waals surface area contributed by atoms with Gasteiger partial charge in [-0.15, -0.1) is 5.10 Å². The Labute approximate surface area is 200 Å². The van der Waals surface area contributed by atoms with Crippen LogP contribution < -0.4 is 10.6 Å². The maximum absolute atomic E-state index is 12.5. The second-order valence-electron chi connectivity index (χ2n) is 9.17. The number of hydrogen-bond donors (Lipinski definition) is 4. The highest BCUT2D eigenvalue weighted by molar-refractivity contribution is 5.88. The van der Waals surface area contributed by atoms with Crippen molar-refractivity contribution in [1.82, 2.24) is 39.8 Å². The fourth-order valence-corrected chi connectivity index (χ4v) is 5.53. The van der Waals surface area contributed by atoms with Gasteiger partial charge in [0.05, 0.1) is 30.1 Å². The van der Waals surface area contributed by atoms with E-state index in [1.54, 1.807) is 24.1 Å². The van der Waals surface area contributed by atoms with E-state index in [1.807, 2.05) is 31.2 Å². The molecule has 35 heavy (non-hydrogen) atoms. The van der Waals surface area contributed by atoms with Gasteiger partial charge in [-0.1, -0.05) is 29.5 Å². The number of rotatable bonds is 5. The number of imidazole rings is 1. The number of aryl methyl sites for hydroxylation is 1. The van der Waals surface area contributed by atoms with Gasteiger partial charge in [0, 0.05) is 25.6 Å². The molecule has 1 aromatic carbocycles. The van der Waals surface area contributed by atoms with Crippen LogP contribution in [0.15, 0.2) is 36.8 Å². The number of carbonyl (C=O) groups excluding carboxylic acids is 1. The highest BCUT2D eigenvalue weighted by Crippen LogP contribution is 2.67. The average molecular weight is 476 g/mol. The molecule has 0 bridgehead atoms. The summed E-state index contributed by atoms with van der Waals surface area (Å²) in [5.74, 6) is 0.259. The van der Waals surface area contributed by atoms with Gasteiger partial charge in [-0.25, -0.2) is 4.98 Å². The molecule has 2 aliphatic rings. The fraction of sp³-hybridized carbons (Fsp3) is 0.391. The van der Waals surface area contributed by atoms with E-state index in [9.17, 15) is 15.0 Å². The number of fused-ring (bicyclic) bond motifs is 2. The number of aromatic nitrogens is 7. The lowest BCUT2D eigenvalue weighted by atomic mass is 9.98. The van der Waals surface area contributed by atoms with Crippen LogP contribution in [0.5, 0.6) is 0 Å². The third kappa shape index (κ3) is 2.93. The Kier molecular flexibility index (Phi) is 4.66. The number of hydrogen-bond acceptors (Lipinski definition) is 9. The lowest BCUT2D eigenvalue weighted by Gasteiger charge is -2.23. The van der Waals surface area contributed by atoms with Crippen LogP contribution in [0.4, 0.5) is 5.82 Å². The van der Waals surface area contributed by atoms with E-state index in [-0.39, 0.29) is 17.8 Å². The summed E-state index contributed by atoms with van der Waals surface area (Å²) >= 11 is 0. The van der Waals surface area contributed by atoms with Gasteiger partial charge in [0.15, 0.2) is 17.0 Å². The number of carbonyl (C=O) groups is 1. The van der Waals surface area contributed by atoms with Gasteiger partial charge in [0.2, 0.25) is 5.91 Å². The minimum absolute atomic E-state index is 0.236. The van der Waals surface area contributed by atoms with E-state index in [4.69, 9.17) is 4.98 Å². The Balaban J connectivity index is 1.44. The van der Waals surface area contributed by atoms with Crippen molar-refractivity contribution in [3.8, 4) is 17.2 Å². The Morgan fingerprint density at radius 1 is 1.20 bits per heavy atom. The van der Waals surface area contributed by atoms with E-state index < -0.39 is 23.7 Å². The number of nitrogens with one attached hydrogen (secondary N) is 2. The summed E-state index contributed by atoms with van der Waals surface area (Å²) in [6.07, 6.45) is 1.50. The predicted octanol–water partition coefficient (Wildman–Crippen LogP) is 0.453.